The molecule has 0 heterocycles. The molecule has 0 radical (unpaired) electrons. The van der Waals surface area contributed by atoms with Crippen LogP contribution in [0, 0.1) is 0 Å². The van der Waals surface area contributed by atoms with E-state index >= 15 is 0 Å². The molecule has 0 nitrogen and oxygen atoms in total. The molecule has 0 aliphatic carbocycles. The fourth-order valence-corrected chi connectivity index (χ4v) is 0. The largest absolute Gasteiger partial charge is 1.00 e. The van der Waals surface area contributed by atoms with E-state index in [1.165, 1.54) is 0 Å². The first-order chi connectivity index (χ1) is 0. The summed E-state index contributed by atoms with van der Waals surface area (Å²) in [6.45, 7) is 0. The van der Waals surface area contributed by atoms with E-state index in [2.05, 4.69) is 0 Å². The second-order valence-electron chi connectivity index (χ2n) is 0. The van der Waals surface area contributed by atoms with Gasteiger partial charge in [-0.1, -0.05) is 0 Å². The van der Waals surface area contributed by atoms with Gasteiger partial charge < -0.3 is 273 Å². The van der Waals surface area contributed by atoms with Crippen LogP contribution in [0.15, 0.2) is 0 Å². The molecule has 0 unspecified atom stereocenters. The number of hydrogen-bond acceptors (Lipinski definition) is 0. The molecule has 0 aromatic carbocycles. The Morgan fingerprint density at radius 2 is 0.0345 bits per heavy atom. The van der Waals surface area contributed by atoms with Crippen molar-refractivity contribution in [2.75, 3.05) is 0 Å². The maximum absolute atomic E-state index is 0. The van der Waals surface area contributed by atoms with Crippen LogP contribution in [0.2, 0.25) is 0 Å². The molecule has 87 heteroatoms. The fraction of sp³-hybridized carbons (Fsp3) is 0. The Balaban J connectivity index is 0. The molecule has 0 amide bonds. The standard InChI is InChI=1S/65ClH.22K/h65*1H;;;;;;;;;;;;;;;;;;;;;;/q;;;;;;;;;;;;;;;;;;;;;;;;;;;;;;;;;;;;;;;;;;;;;;;;;;;;;;;;;;;;;;;;;22*+1/p-22. The van der Waals surface area contributed by atoms with Gasteiger partial charge in [0.05, 0.1) is 0 Å². The monoisotopic (exact) mass is 3170 g/mol. The van der Waals surface area contributed by atoms with Gasteiger partial charge in [0.15, 0.2) is 0 Å². The van der Waals surface area contributed by atoms with Gasteiger partial charge in [-0.05, 0) is 0 Å². The van der Waals surface area contributed by atoms with E-state index in [0.29, 0.717) is 0 Å². The molecule has 0 aliphatic heterocycles. The third-order valence-electron chi connectivity index (χ3n) is 0. The second-order valence-corrected chi connectivity index (χ2v) is 0. The predicted molar refractivity (Wildman–Crippen MR) is 312 cm³/mol. The first-order valence-corrected chi connectivity index (χ1v) is 0. The van der Waals surface area contributed by atoms with E-state index in [9.17, 15) is 0 Å². The number of halogens is 65. The van der Waals surface area contributed by atoms with Crippen LogP contribution in [-0.2, 0) is 0 Å². The minimum absolute atomic E-state index is 0. The summed E-state index contributed by atoms with van der Waals surface area (Å²) in [5.41, 5.74) is 0. The molecule has 0 aromatic rings. The van der Waals surface area contributed by atoms with Gasteiger partial charge in [0.25, 0.3) is 0 Å². The minimum atomic E-state index is 0. The van der Waals surface area contributed by atoms with Crippen LogP contribution in [0.3, 0.4) is 0 Å². The van der Waals surface area contributed by atoms with Gasteiger partial charge >= 0.3 is 1130 Å². The van der Waals surface area contributed by atoms with Crippen LogP contribution >= 0.6 is 534 Å². The molecule has 0 atom stereocenters. The smallest absolute Gasteiger partial charge is 1.00 e. The average molecular weight is 3210 g/mol. The van der Waals surface area contributed by atoms with Gasteiger partial charge in [-0.25, -0.2) is 0 Å². The zero-order valence-electron chi connectivity index (χ0n) is 47.9. The molecule has 0 bridgehead atoms. The minimum Gasteiger partial charge on any atom is -1.00 e. The zero-order chi connectivity index (χ0) is 0. The van der Waals surface area contributed by atoms with Crippen molar-refractivity contribution in [1.29, 1.82) is 0 Å². The summed E-state index contributed by atoms with van der Waals surface area (Å²) in [7, 11) is 0. The normalized spacial score (nSPS) is 0. The van der Waals surface area contributed by atoms with E-state index in [0.717, 1.165) is 0 Å². The molecule has 520 valence electrons. The molecular weight excluding hydrogens is 3160 g/mol. The van der Waals surface area contributed by atoms with E-state index < -0.39 is 0 Å². The maximum atomic E-state index is 0. The molecular formula is H43Cl65K22. The first kappa shape index (κ1) is 935. The van der Waals surface area contributed by atoms with Crippen molar-refractivity contribution in [1.82, 2.24) is 0 Å². The van der Waals surface area contributed by atoms with Crippen molar-refractivity contribution in [2.45, 2.75) is 0 Å². The van der Waals surface area contributed by atoms with Gasteiger partial charge in [0, 0.05) is 0 Å². The number of hydrogen-bond donors (Lipinski definition) is 0. The van der Waals surface area contributed by atoms with Crippen LogP contribution in [0.5, 0.6) is 0 Å². The van der Waals surface area contributed by atoms with Crippen molar-refractivity contribution in [3.05, 3.63) is 0 Å². The summed E-state index contributed by atoms with van der Waals surface area (Å²) in [5, 5.41) is 0. The summed E-state index contributed by atoms with van der Waals surface area (Å²) >= 11 is 0. The molecule has 0 spiro atoms. The van der Waals surface area contributed by atoms with Gasteiger partial charge in [-0.2, -0.15) is 0 Å². The van der Waals surface area contributed by atoms with E-state index in [1.807, 2.05) is 0 Å². The van der Waals surface area contributed by atoms with Gasteiger partial charge in [-0.15, -0.1) is 534 Å². The van der Waals surface area contributed by atoms with Gasteiger partial charge in [0.2, 0.25) is 0 Å². The first-order valence-electron chi connectivity index (χ1n) is 0. The Bertz CT molecular complexity index is 71.0. The Hall–Kier alpha value is 54.8. The Labute approximate surface area is 1870 Å². The average Bonchev–Trinajstić information content (AvgIpc) is 0. The van der Waals surface area contributed by atoms with Crippen molar-refractivity contribution < 1.29 is 1400 Å². The van der Waals surface area contributed by atoms with E-state index in [4.69, 9.17) is 0 Å². The molecule has 87 heavy (non-hydrogen) atoms. The SMILES string of the molecule is Cl.Cl.Cl.Cl.Cl.Cl.Cl.Cl.Cl.Cl.Cl.Cl.Cl.Cl.Cl.Cl.Cl.Cl.Cl.Cl.Cl.Cl.Cl.Cl.Cl.Cl.Cl.Cl.Cl.Cl.Cl.Cl.Cl.Cl.Cl.Cl.Cl.Cl.Cl.Cl.Cl.Cl.Cl.[Cl-].[Cl-].[Cl-].[Cl-].[Cl-].[Cl-].[Cl-].[Cl-].[Cl-].[Cl-].[Cl-].[Cl-].[Cl-].[Cl-].[Cl-].[Cl-].[Cl-].[Cl-].[Cl-].[Cl-].[Cl-].[Cl-].[K+].[K+].[K+].[K+].[K+].[K+].[K+].[K+].[K+].[K+].[K+].[K+].[K+].[K+].[K+].[K+].[K+].[K+].[K+].[K+].[K+].[K+]. The summed E-state index contributed by atoms with van der Waals surface area (Å²) in [6.07, 6.45) is 0. The van der Waals surface area contributed by atoms with Crippen LogP contribution in [0.4, 0.5) is 0 Å². The molecule has 0 N–H and O–H groups in total. The van der Waals surface area contributed by atoms with Crippen LogP contribution in [0.25, 0.3) is 0 Å². The molecule has 0 saturated heterocycles. The Kier molecular flexibility index (Phi) is 9840. The van der Waals surface area contributed by atoms with Crippen molar-refractivity contribution in [3.63, 3.8) is 0 Å². The third-order valence-corrected chi connectivity index (χ3v) is 0. The van der Waals surface area contributed by atoms with Crippen molar-refractivity contribution in [2.24, 2.45) is 0 Å². The van der Waals surface area contributed by atoms with Crippen molar-refractivity contribution in [3.8, 4) is 0 Å². The molecule has 0 aliphatic rings. The fourth-order valence-electron chi connectivity index (χ4n) is 0. The topological polar surface area (TPSA) is 0 Å². The summed E-state index contributed by atoms with van der Waals surface area (Å²) in [4.78, 5) is 0. The number of rotatable bonds is 0. The molecule has 0 fully saturated rings. The Morgan fingerprint density at radius 3 is 0.0345 bits per heavy atom. The second kappa shape index (κ2) is 916. The van der Waals surface area contributed by atoms with Gasteiger partial charge in [0.1, 0.15) is 0 Å². The quantitative estimate of drug-likeness (QED) is 0.212. The van der Waals surface area contributed by atoms with Crippen LogP contribution < -0.4 is 1400 Å². The third kappa shape index (κ3) is 903. The Morgan fingerprint density at radius 1 is 0.0345 bits per heavy atom. The molecule has 0 aromatic heterocycles. The van der Waals surface area contributed by atoms with Crippen LogP contribution in [-0.4, -0.2) is 0 Å². The van der Waals surface area contributed by atoms with E-state index in [-0.39, 0.29) is 1940 Å². The summed E-state index contributed by atoms with van der Waals surface area (Å²) in [5.74, 6) is 0. The van der Waals surface area contributed by atoms with E-state index in [1.54, 1.807) is 0 Å². The van der Waals surface area contributed by atoms with Gasteiger partial charge in [-0.3, -0.25) is 0 Å². The predicted octanol–water partition coefficient (Wildman–Crippen LogP) is -114. The summed E-state index contributed by atoms with van der Waals surface area (Å²) < 4.78 is 0. The zero-order valence-corrected chi connectivity index (χ0v) is 168. The maximum Gasteiger partial charge on any atom is 1.00 e. The summed E-state index contributed by atoms with van der Waals surface area (Å²) in [6, 6.07) is 0. The molecule has 0 saturated carbocycles. The van der Waals surface area contributed by atoms with Crippen LogP contribution in [0.1, 0.15) is 0 Å². The van der Waals surface area contributed by atoms with Crippen molar-refractivity contribution >= 4 is 534 Å². The molecule has 0 rings (SSSR count).